The summed E-state index contributed by atoms with van der Waals surface area (Å²) < 4.78 is 31.6. The lowest BCUT2D eigenvalue weighted by Crippen LogP contribution is -2.41. The number of ether oxygens (including phenoxy) is 1. The summed E-state index contributed by atoms with van der Waals surface area (Å²) in [6, 6.07) is 0.205. The molecule has 0 saturated heterocycles. The second kappa shape index (κ2) is 5.78. The molecule has 0 unspecified atom stereocenters. The Morgan fingerprint density at radius 1 is 1.60 bits per heavy atom. The van der Waals surface area contributed by atoms with Gasteiger partial charge in [-0.25, -0.2) is 4.79 Å². The van der Waals surface area contributed by atoms with Crippen LogP contribution in [0.25, 0.3) is 0 Å². The standard InChI is InChI=1S/C11H12F2N2O5/c1-2-20-10(17)11(12,13)9(14)7-5-6(15(18)19)3-4-8(7)16/h3-5,9,16H,2,14H2,1H3/t9-/m0/s1. The fourth-order valence-corrected chi connectivity index (χ4v) is 1.45. The number of nitrogens with two attached hydrogens (primary N) is 1. The van der Waals surface area contributed by atoms with Crippen molar-refractivity contribution in [2.75, 3.05) is 6.61 Å². The number of rotatable bonds is 5. The van der Waals surface area contributed by atoms with Gasteiger partial charge in [0.25, 0.3) is 5.69 Å². The average molecular weight is 290 g/mol. The van der Waals surface area contributed by atoms with Gasteiger partial charge in [0.15, 0.2) is 0 Å². The maximum atomic E-state index is 13.7. The first-order valence-corrected chi connectivity index (χ1v) is 5.49. The van der Waals surface area contributed by atoms with Crippen LogP contribution in [0.15, 0.2) is 18.2 Å². The summed E-state index contributed by atoms with van der Waals surface area (Å²) in [5, 5.41) is 20.1. The monoisotopic (exact) mass is 290 g/mol. The zero-order valence-electron chi connectivity index (χ0n) is 10.4. The minimum absolute atomic E-state index is 0.276. The Labute approximate surface area is 112 Å². The Morgan fingerprint density at radius 2 is 2.20 bits per heavy atom. The summed E-state index contributed by atoms with van der Waals surface area (Å²) in [6.07, 6.45) is 0. The fourth-order valence-electron chi connectivity index (χ4n) is 1.45. The second-order valence-electron chi connectivity index (χ2n) is 3.82. The zero-order valence-corrected chi connectivity index (χ0v) is 10.4. The van der Waals surface area contributed by atoms with Crippen molar-refractivity contribution in [3.8, 4) is 5.75 Å². The summed E-state index contributed by atoms with van der Waals surface area (Å²) in [7, 11) is 0. The number of nitro groups is 1. The van der Waals surface area contributed by atoms with E-state index in [9.17, 15) is 28.8 Å². The van der Waals surface area contributed by atoms with E-state index in [1.54, 1.807) is 0 Å². The van der Waals surface area contributed by atoms with Gasteiger partial charge in [-0.05, 0) is 13.0 Å². The molecule has 9 heteroatoms. The van der Waals surface area contributed by atoms with E-state index in [1.807, 2.05) is 0 Å². The van der Waals surface area contributed by atoms with Crippen LogP contribution in [0.5, 0.6) is 5.75 Å². The van der Waals surface area contributed by atoms with Crippen molar-refractivity contribution in [1.82, 2.24) is 0 Å². The average Bonchev–Trinajstić information content (AvgIpc) is 2.38. The number of halogens is 2. The largest absolute Gasteiger partial charge is 0.508 e. The third-order valence-corrected chi connectivity index (χ3v) is 2.50. The van der Waals surface area contributed by atoms with E-state index in [0.717, 1.165) is 12.1 Å². The maximum absolute atomic E-state index is 13.7. The van der Waals surface area contributed by atoms with Gasteiger partial charge in [-0.15, -0.1) is 0 Å². The highest BCUT2D eigenvalue weighted by molar-refractivity contribution is 5.79. The van der Waals surface area contributed by atoms with Crippen LogP contribution in [0.3, 0.4) is 0 Å². The third kappa shape index (κ3) is 2.99. The van der Waals surface area contributed by atoms with Crippen LogP contribution < -0.4 is 5.73 Å². The fraction of sp³-hybridized carbons (Fsp3) is 0.364. The van der Waals surface area contributed by atoms with Crippen LogP contribution in [0.4, 0.5) is 14.5 Å². The van der Waals surface area contributed by atoms with Gasteiger partial charge in [-0.1, -0.05) is 0 Å². The number of hydrogen-bond acceptors (Lipinski definition) is 6. The number of alkyl halides is 2. The van der Waals surface area contributed by atoms with Gasteiger partial charge < -0.3 is 15.6 Å². The molecule has 1 rings (SSSR count). The van der Waals surface area contributed by atoms with Gasteiger partial charge in [0, 0.05) is 17.7 Å². The first-order valence-electron chi connectivity index (χ1n) is 5.49. The first kappa shape index (κ1) is 15.8. The van der Waals surface area contributed by atoms with Crippen LogP contribution in [0.2, 0.25) is 0 Å². The molecule has 0 radical (unpaired) electrons. The van der Waals surface area contributed by atoms with E-state index in [2.05, 4.69) is 4.74 Å². The molecule has 0 bridgehead atoms. The van der Waals surface area contributed by atoms with E-state index in [1.165, 1.54) is 6.92 Å². The van der Waals surface area contributed by atoms with Crippen LogP contribution in [0, 0.1) is 10.1 Å². The van der Waals surface area contributed by atoms with Crippen molar-refractivity contribution in [2.45, 2.75) is 18.9 Å². The molecule has 0 spiro atoms. The summed E-state index contributed by atoms with van der Waals surface area (Å²) in [4.78, 5) is 20.9. The Hall–Kier alpha value is -2.29. The normalized spacial score (nSPS) is 12.8. The smallest absolute Gasteiger partial charge is 0.379 e. The number of carbonyl (C=O) groups excluding carboxylic acids is 1. The van der Waals surface area contributed by atoms with Crippen molar-refractivity contribution >= 4 is 11.7 Å². The number of esters is 1. The van der Waals surface area contributed by atoms with E-state index >= 15 is 0 Å². The van der Waals surface area contributed by atoms with Gasteiger partial charge in [0.1, 0.15) is 11.8 Å². The molecule has 7 nitrogen and oxygen atoms in total. The van der Waals surface area contributed by atoms with Crippen molar-refractivity contribution in [2.24, 2.45) is 5.73 Å². The van der Waals surface area contributed by atoms with Crippen molar-refractivity contribution < 1.29 is 28.3 Å². The molecule has 0 amide bonds. The van der Waals surface area contributed by atoms with Gasteiger partial charge in [0.05, 0.1) is 11.5 Å². The van der Waals surface area contributed by atoms with E-state index < -0.39 is 39.9 Å². The highest BCUT2D eigenvalue weighted by Crippen LogP contribution is 2.36. The van der Waals surface area contributed by atoms with E-state index in [0.29, 0.717) is 6.07 Å². The van der Waals surface area contributed by atoms with Gasteiger partial charge in [-0.3, -0.25) is 10.1 Å². The van der Waals surface area contributed by atoms with Gasteiger partial charge in [0.2, 0.25) is 0 Å². The minimum atomic E-state index is -4.12. The lowest BCUT2D eigenvalue weighted by Gasteiger charge is -2.22. The molecular weight excluding hydrogens is 278 g/mol. The van der Waals surface area contributed by atoms with E-state index in [-0.39, 0.29) is 6.61 Å². The lowest BCUT2D eigenvalue weighted by atomic mass is 10.00. The molecule has 0 heterocycles. The Balaban J connectivity index is 3.19. The summed E-state index contributed by atoms with van der Waals surface area (Å²) in [5.41, 5.74) is 4.09. The molecule has 20 heavy (non-hydrogen) atoms. The van der Waals surface area contributed by atoms with Crippen molar-refractivity contribution in [3.63, 3.8) is 0 Å². The highest BCUT2D eigenvalue weighted by atomic mass is 19.3. The lowest BCUT2D eigenvalue weighted by molar-refractivity contribution is -0.385. The minimum Gasteiger partial charge on any atom is -0.508 e. The summed E-state index contributed by atoms with van der Waals surface area (Å²) in [6.45, 7) is 1.06. The van der Waals surface area contributed by atoms with Crippen LogP contribution in [-0.2, 0) is 9.53 Å². The molecule has 0 aliphatic heterocycles. The first-order chi connectivity index (χ1) is 9.21. The zero-order chi connectivity index (χ0) is 15.5. The molecule has 0 aliphatic rings. The number of aromatic hydroxyl groups is 1. The Bertz CT molecular complexity index is 536. The molecule has 1 aromatic rings. The molecule has 1 atom stereocenters. The number of phenols is 1. The number of non-ortho nitro benzene ring substituents is 1. The Morgan fingerprint density at radius 3 is 2.70 bits per heavy atom. The van der Waals surface area contributed by atoms with Crippen LogP contribution in [-0.4, -0.2) is 28.5 Å². The number of nitro benzene ring substituents is 1. The topological polar surface area (TPSA) is 116 Å². The SMILES string of the molecule is CCOC(=O)C(F)(F)[C@@H](N)c1cc([N+](=O)[O-])ccc1O. The molecule has 0 aliphatic carbocycles. The Kier molecular flexibility index (Phi) is 4.56. The number of carbonyl (C=O) groups is 1. The molecule has 3 N–H and O–H groups in total. The number of benzene rings is 1. The van der Waals surface area contributed by atoms with Crippen molar-refractivity contribution in [1.29, 1.82) is 0 Å². The molecule has 1 aromatic carbocycles. The third-order valence-electron chi connectivity index (χ3n) is 2.50. The predicted molar refractivity (Wildman–Crippen MR) is 63.3 cm³/mol. The van der Waals surface area contributed by atoms with Crippen molar-refractivity contribution in [3.05, 3.63) is 33.9 Å². The number of phenolic OH excluding ortho intramolecular Hbond substituents is 1. The second-order valence-corrected chi connectivity index (χ2v) is 3.82. The molecule has 0 aromatic heterocycles. The molecule has 0 saturated carbocycles. The maximum Gasteiger partial charge on any atom is 0.379 e. The van der Waals surface area contributed by atoms with Crippen LogP contribution >= 0.6 is 0 Å². The molecule has 0 fully saturated rings. The van der Waals surface area contributed by atoms with Gasteiger partial charge in [-0.2, -0.15) is 8.78 Å². The van der Waals surface area contributed by atoms with Crippen LogP contribution in [0.1, 0.15) is 18.5 Å². The summed E-state index contributed by atoms with van der Waals surface area (Å²) in [5.74, 6) is -6.66. The molecule has 110 valence electrons. The number of nitrogens with zero attached hydrogens (tertiary/aromatic N) is 1. The number of hydrogen-bond donors (Lipinski definition) is 2. The van der Waals surface area contributed by atoms with E-state index in [4.69, 9.17) is 5.73 Å². The molecular formula is C11H12F2N2O5. The predicted octanol–water partition coefficient (Wildman–Crippen LogP) is 1.50. The highest BCUT2D eigenvalue weighted by Gasteiger charge is 2.48. The quantitative estimate of drug-likeness (QED) is 0.482. The van der Waals surface area contributed by atoms with Gasteiger partial charge >= 0.3 is 11.9 Å². The summed E-state index contributed by atoms with van der Waals surface area (Å²) >= 11 is 0.